The minimum atomic E-state index is -0.404. The topological polar surface area (TPSA) is 58.4 Å². The number of carbonyl (C=O) groups excluding carboxylic acids is 1. The lowest BCUT2D eigenvalue weighted by Crippen LogP contribution is -2.48. The second-order valence-electron chi connectivity index (χ2n) is 5.98. The molecular formula is C16H25N3O. The summed E-state index contributed by atoms with van der Waals surface area (Å²) in [7, 11) is 0. The number of hydrogen-bond acceptors (Lipinski definition) is 3. The number of hydrogen-bond donors (Lipinski definition) is 2. The highest BCUT2D eigenvalue weighted by Crippen LogP contribution is 2.13. The molecule has 1 aliphatic heterocycles. The van der Waals surface area contributed by atoms with Crippen LogP contribution in [-0.4, -0.2) is 36.0 Å². The van der Waals surface area contributed by atoms with Crippen molar-refractivity contribution in [2.75, 3.05) is 13.1 Å². The Labute approximate surface area is 121 Å². The predicted molar refractivity (Wildman–Crippen MR) is 81.1 cm³/mol. The third-order valence-corrected chi connectivity index (χ3v) is 3.89. The lowest BCUT2D eigenvalue weighted by Gasteiger charge is -2.20. The van der Waals surface area contributed by atoms with Crippen molar-refractivity contribution >= 4 is 5.91 Å². The first-order valence-electron chi connectivity index (χ1n) is 7.38. The maximum Gasteiger partial charge on any atom is 0.237 e. The third kappa shape index (κ3) is 4.05. The summed E-state index contributed by atoms with van der Waals surface area (Å²) in [6.07, 6.45) is 1.00. The highest BCUT2D eigenvalue weighted by Gasteiger charge is 2.26. The molecule has 1 aromatic carbocycles. The Morgan fingerprint density at radius 3 is 2.75 bits per heavy atom. The number of nitrogens with two attached hydrogens (primary N) is 1. The molecular weight excluding hydrogens is 250 g/mol. The predicted octanol–water partition coefficient (Wildman–Crippen LogP) is 1.36. The van der Waals surface area contributed by atoms with Gasteiger partial charge in [0.15, 0.2) is 0 Å². The maximum absolute atomic E-state index is 12.0. The standard InChI is InChI=1S/C16H25N3O/c1-12(2)15(17)16(20)18-14-8-9-19(11-14)10-13-6-4-3-5-7-13/h3-7,12,14-15H,8-11,17H2,1-2H3,(H,18,20)/t14?,15-/m0/s1. The van der Waals surface area contributed by atoms with Crippen molar-refractivity contribution in [1.82, 2.24) is 10.2 Å². The molecule has 1 saturated heterocycles. The molecule has 1 aromatic rings. The Kier molecular flexibility index (Phi) is 5.15. The van der Waals surface area contributed by atoms with Crippen LogP contribution in [0.15, 0.2) is 30.3 Å². The first kappa shape index (κ1) is 15.0. The average molecular weight is 275 g/mol. The molecule has 3 N–H and O–H groups in total. The second-order valence-corrected chi connectivity index (χ2v) is 5.98. The summed E-state index contributed by atoms with van der Waals surface area (Å²) in [4.78, 5) is 14.3. The highest BCUT2D eigenvalue weighted by molar-refractivity contribution is 5.82. The first-order valence-corrected chi connectivity index (χ1v) is 7.38. The van der Waals surface area contributed by atoms with Crippen molar-refractivity contribution < 1.29 is 4.79 Å². The van der Waals surface area contributed by atoms with Crippen LogP contribution in [0.25, 0.3) is 0 Å². The van der Waals surface area contributed by atoms with Crippen LogP contribution < -0.4 is 11.1 Å². The van der Waals surface area contributed by atoms with Crippen molar-refractivity contribution in [3.8, 4) is 0 Å². The van der Waals surface area contributed by atoms with Gasteiger partial charge in [-0.2, -0.15) is 0 Å². The summed E-state index contributed by atoms with van der Waals surface area (Å²) in [5.74, 6) is 0.156. The van der Waals surface area contributed by atoms with Gasteiger partial charge in [-0.1, -0.05) is 44.2 Å². The molecule has 1 aliphatic rings. The highest BCUT2D eigenvalue weighted by atomic mass is 16.2. The average Bonchev–Trinajstić information content (AvgIpc) is 2.86. The molecule has 0 saturated carbocycles. The number of carbonyl (C=O) groups is 1. The zero-order chi connectivity index (χ0) is 14.5. The first-order chi connectivity index (χ1) is 9.56. The molecule has 4 nitrogen and oxygen atoms in total. The van der Waals surface area contributed by atoms with Crippen LogP contribution in [0.5, 0.6) is 0 Å². The maximum atomic E-state index is 12.0. The summed E-state index contributed by atoms with van der Waals surface area (Å²) in [5.41, 5.74) is 7.19. The van der Waals surface area contributed by atoms with E-state index in [0.29, 0.717) is 0 Å². The molecule has 1 amide bonds. The van der Waals surface area contributed by atoms with Crippen LogP contribution in [0.4, 0.5) is 0 Å². The summed E-state index contributed by atoms with van der Waals surface area (Å²) < 4.78 is 0. The number of benzene rings is 1. The van der Waals surface area contributed by atoms with E-state index in [0.717, 1.165) is 26.1 Å². The molecule has 2 rings (SSSR count). The van der Waals surface area contributed by atoms with Gasteiger partial charge in [0.05, 0.1) is 6.04 Å². The van der Waals surface area contributed by atoms with E-state index in [-0.39, 0.29) is 17.9 Å². The Morgan fingerprint density at radius 2 is 2.10 bits per heavy atom. The molecule has 0 aromatic heterocycles. The van der Waals surface area contributed by atoms with Gasteiger partial charge in [0.2, 0.25) is 5.91 Å². The Bertz CT molecular complexity index is 433. The van der Waals surface area contributed by atoms with E-state index < -0.39 is 6.04 Å². The zero-order valence-corrected chi connectivity index (χ0v) is 12.4. The van der Waals surface area contributed by atoms with Crippen LogP contribution in [0.1, 0.15) is 25.8 Å². The van der Waals surface area contributed by atoms with E-state index in [1.807, 2.05) is 19.9 Å². The van der Waals surface area contributed by atoms with Gasteiger partial charge in [-0.15, -0.1) is 0 Å². The van der Waals surface area contributed by atoms with Crippen LogP contribution in [0.2, 0.25) is 0 Å². The Hall–Kier alpha value is -1.39. The molecule has 0 spiro atoms. The van der Waals surface area contributed by atoms with Gasteiger partial charge in [0.1, 0.15) is 0 Å². The normalized spacial score (nSPS) is 21.1. The minimum absolute atomic E-state index is 0.0217. The van der Waals surface area contributed by atoms with Gasteiger partial charge in [0, 0.05) is 25.7 Å². The van der Waals surface area contributed by atoms with Crippen LogP contribution in [0.3, 0.4) is 0 Å². The van der Waals surface area contributed by atoms with Gasteiger partial charge in [0.25, 0.3) is 0 Å². The molecule has 1 heterocycles. The number of nitrogens with zero attached hydrogens (tertiary/aromatic N) is 1. The molecule has 20 heavy (non-hydrogen) atoms. The minimum Gasteiger partial charge on any atom is -0.351 e. The molecule has 0 bridgehead atoms. The SMILES string of the molecule is CC(C)[C@H](N)C(=O)NC1CCN(Cc2ccccc2)C1. The fourth-order valence-electron chi connectivity index (χ4n) is 2.54. The van der Waals surface area contributed by atoms with Gasteiger partial charge >= 0.3 is 0 Å². The van der Waals surface area contributed by atoms with Crippen molar-refractivity contribution in [3.05, 3.63) is 35.9 Å². The molecule has 110 valence electrons. The summed E-state index contributed by atoms with van der Waals surface area (Å²) in [6.45, 7) is 6.83. The lowest BCUT2D eigenvalue weighted by atomic mass is 10.0. The van der Waals surface area contributed by atoms with E-state index in [9.17, 15) is 4.79 Å². The monoisotopic (exact) mass is 275 g/mol. The van der Waals surface area contributed by atoms with Gasteiger partial charge < -0.3 is 11.1 Å². The zero-order valence-electron chi connectivity index (χ0n) is 12.4. The summed E-state index contributed by atoms with van der Waals surface area (Å²) in [6, 6.07) is 10.3. The fraction of sp³-hybridized carbons (Fsp3) is 0.562. The molecule has 2 atom stereocenters. The summed E-state index contributed by atoms with van der Waals surface area (Å²) in [5, 5.41) is 3.07. The summed E-state index contributed by atoms with van der Waals surface area (Å²) >= 11 is 0. The Balaban J connectivity index is 1.79. The molecule has 0 radical (unpaired) electrons. The van der Waals surface area contributed by atoms with Gasteiger partial charge in [-0.25, -0.2) is 0 Å². The Morgan fingerprint density at radius 1 is 1.40 bits per heavy atom. The smallest absolute Gasteiger partial charge is 0.237 e. The lowest BCUT2D eigenvalue weighted by molar-refractivity contribution is -0.123. The van der Waals surface area contributed by atoms with E-state index in [2.05, 4.69) is 34.5 Å². The molecule has 0 aliphatic carbocycles. The number of rotatable bonds is 5. The fourth-order valence-corrected chi connectivity index (χ4v) is 2.54. The van der Waals surface area contributed by atoms with Crippen molar-refractivity contribution in [2.24, 2.45) is 11.7 Å². The van der Waals surface area contributed by atoms with E-state index in [1.165, 1.54) is 5.56 Å². The molecule has 1 unspecified atom stereocenters. The third-order valence-electron chi connectivity index (χ3n) is 3.89. The number of amides is 1. The molecule has 1 fully saturated rings. The van der Waals surface area contributed by atoms with Crippen LogP contribution >= 0.6 is 0 Å². The van der Waals surface area contributed by atoms with Crippen molar-refractivity contribution in [2.45, 2.75) is 38.9 Å². The van der Waals surface area contributed by atoms with E-state index in [1.54, 1.807) is 0 Å². The molecule has 4 heteroatoms. The van der Waals surface area contributed by atoms with Crippen molar-refractivity contribution in [3.63, 3.8) is 0 Å². The van der Waals surface area contributed by atoms with E-state index >= 15 is 0 Å². The largest absolute Gasteiger partial charge is 0.351 e. The van der Waals surface area contributed by atoms with Gasteiger partial charge in [-0.05, 0) is 17.9 Å². The van der Waals surface area contributed by atoms with Crippen molar-refractivity contribution in [1.29, 1.82) is 0 Å². The van der Waals surface area contributed by atoms with Crippen LogP contribution in [0, 0.1) is 5.92 Å². The van der Waals surface area contributed by atoms with Gasteiger partial charge in [-0.3, -0.25) is 9.69 Å². The van der Waals surface area contributed by atoms with E-state index in [4.69, 9.17) is 5.73 Å². The quantitative estimate of drug-likeness (QED) is 0.853. The number of likely N-dealkylation sites (tertiary alicyclic amines) is 1. The number of nitrogens with one attached hydrogen (secondary N) is 1. The van der Waals surface area contributed by atoms with Crippen LogP contribution in [-0.2, 0) is 11.3 Å². The second kappa shape index (κ2) is 6.86.